The minimum Gasteiger partial charge on any atom is -0.481 e. The zero-order valence-corrected chi connectivity index (χ0v) is 20.9. The molecule has 1 saturated heterocycles. The number of carboxylic acid groups (broad SMARTS) is 1. The van der Waals surface area contributed by atoms with Gasteiger partial charge in [-0.25, -0.2) is 0 Å². The summed E-state index contributed by atoms with van der Waals surface area (Å²) in [6.45, 7) is 8.14. The van der Waals surface area contributed by atoms with Crippen LogP contribution in [-0.2, 0) is 9.59 Å². The van der Waals surface area contributed by atoms with Crippen molar-refractivity contribution in [2.24, 2.45) is 5.92 Å². The van der Waals surface area contributed by atoms with Gasteiger partial charge in [-0.1, -0.05) is 81.2 Å². The first-order chi connectivity index (χ1) is 15.4. The molecule has 4 nitrogen and oxygen atoms in total. The second kappa shape index (κ2) is 14.9. The number of hydrogen-bond donors (Lipinski definition) is 1. The number of amides is 1. The molecule has 3 rings (SSSR count). The SMILES string of the molecule is CC.CCC(CC)N1C(=O)[C@@H](CC(=O)O)CCC1c1ccc(Cl)cc1.Clc1ccccc1. The number of halogens is 2. The molecule has 176 valence electrons. The Morgan fingerprint density at radius 1 is 0.969 bits per heavy atom. The lowest BCUT2D eigenvalue weighted by atomic mass is 9.84. The number of aliphatic carboxylic acids is 1. The molecule has 2 aromatic rings. The third-order valence-electron chi connectivity index (χ3n) is 5.47. The van der Waals surface area contributed by atoms with Gasteiger partial charge in [-0.05, 0) is 55.5 Å². The molecule has 0 aromatic heterocycles. The molecular formula is C26H35Cl2NO3. The van der Waals surface area contributed by atoms with E-state index in [1.165, 1.54) is 0 Å². The number of carbonyl (C=O) groups excluding carboxylic acids is 1. The molecule has 1 amide bonds. The standard InChI is InChI=1S/C18H24ClNO3.C6H5Cl.C2H6/c1-3-15(4-2)20-16(12-5-8-14(19)9-6-12)10-7-13(18(20)23)11-17(21)22;7-6-4-2-1-3-5-6;1-2/h5-6,8-9,13,15-16H,3-4,7,10-11H2,1-2H3,(H,21,22);1-5H;1-2H3/t13-,16?;;/m1../s1. The summed E-state index contributed by atoms with van der Waals surface area (Å²) in [5, 5.41) is 10.5. The van der Waals surface area contributed by atoms with Crippen LogP contribution in [0.4, 0.5) is 0 Å². The number of rotatable bonds is 6. The van der Waals surface area contributed by atoms with Gasteiger partial charge in [-0.15, -0.1) is 0 Å². The minimum atomic E-state index is -0.905. The molecule has 1 heterocycles. The summed E-state index contributed by atoms with van der Waals surface area (Å²) in [6.07, 6.45) is 3.07. The molecule has 6 heteroatoms. The van der Waals surface area contributed by atoms with E-state index in [2.05, 4.69) is 13.8 Å². The van der Waals surface area contributed by atoms with Gasteiger partial charge in [0.05, 0.1) is 12.5 Å². The Bertz CT molecular complexity index is 808. The van der Waals surface area contributed by atoms with Crippen LogP contribution in [0.1, 0.15) is 71.4 Å². The topological polar surface area (TPSA) is 57.6 Å². The van der Waals surface area contributed by atoms with E-state index >= 15 is 0 Å². The number of nitrogens with zero attached hydrogens (tertiary/aromatic N) is 1. The molecule has 0 aliphatic carbocycles. The highest BCUT2D eigenvalue weighted by Gasteiger charge is 2.39. The van der Waals surface area contributed by atoms with Crippen LogP contribution in [0.5, 0.6) is 0 Å². The van der Waals surface area contributed by atoms with Crippen LogP contribution in [0.3, 0.4) is 0 Å². The summed E-state index contributed by atoms with van der Waals surface area (Å²) >= 11 is 11.5. The van der Waals surface area contributed by atoms with Crippen LogP contribution in [0.2, 0.25) is 10.0 Å². The van der Waals surface area contributed by atoms with Crippen LogP contribution in [0, 0.1) is 5.92 Å². The zero-order valence-electron chi connectivity index (χ0n) is 19.4. The maximum Gasteiger partial charge on any atom is 0.304 e. The van der Waals surface area contributed by atoms with Gasteiger partial charge in [-0.2, -0.15) is 0 Å². The maximum atomic E-state index is 12.9. The lowest BCUT2D eigenvalue weighted by molar-refractivity contribution is -0.151. The number of carbonyl (C=O) groups is 2. The van der Waals surface area contributed by atoms with E-state index in [4.69, 9.17) is 28.3 Å². The molecule has 2 atom stereocenters. The molecule has 1 fully saturated rings. The predicted molar refractivity (Wildman–Crippen MR) is 133 cm³/mol. The van der Waals surface area contributed by atoms with Crippen molar-refractivity contribution in [3.63, 3.8) is 0 Å². The fourth-order valence-electron chi connectivity index (χ4n) is 3.93. The van der Waals surface area contributed by atoms with E-state index in [9.17, 15) is 9.59 Å². The molecule has 0 bridgehead atoms. The van der Waals surface area contributed by atoms with Crippen LogP contribution >= 0.6 is 23.2 Å². The molecule has 1 unspecified atom stereocenters. The number of hydrogen-bond acceptors (Lipinski definition) is 2. The van der Waals surface area contributed by atoms with Gasteiger partial charge in [0.25, 0.3) is 0 Å². The molecule has 32 heavy (non-hydrogen) atoms. The average Bonchev–Trinajstić information content (AvgIpc) is 2.80. The van der Waals surface area contributed by atoms with Crippen molar-refractivity contribution in [1.29, 1.82) is 0 Å². The first kappa shape index (κ1) is 28.0. The van der Waals surface area contributed by atoms with Gasteiger partial charge in [0.1, 0.15) is 0 Å². The minimum absolute atomic E-state index is 0.00899. The normalized spacial score (nSPS) is 17.7. The fourth-order valence-corrected chi connectivity index (χ4v) is 4.20. The maximum absolute atomic E-state index is 12.9. The predicted octanol–water partition coefficient (Wildman–Crippen LogP) is 7.65. The summed E-state index contributed by atoms with van der Waals surface area (Å²) in [4.78, 5) is 25.9. The van der Waals surface area contributed by atoms with Crippen molar-refractivity contribution >= 4 is 35.1 Å². The highest BCUT2D eigenvalue weighted by Crippen LogP contribution is 2.38. The first-order valence-corrected chi connectivity index (χ1v) is 12.1. The first-order valence-electron chi connectivity index (χ1n) is 11.4. The molecule has 0 saturated carbocycles. The van der Waals surface area contributed by atoms with Gasteiger partial charge < -0.3 is 10.0 Å². The second-order valence-corrected chi connectivity index (χ2v) is 8.32. The molecule has 0 spiro atoms. The number of benzene rings is 2. The van der Waals surface area contributed by atoms with Crippen molar-refractivity contribution in [3.05, 3.63) is 70.2 Å². The van der Waals surface area contributed by atoms with Crippen molar-refractivity contribution in [1.82, 2.24) is 4.90 Å². The molecular weight excluding hydrogens is 445 g/mol. The van der Waals surface area contributed by atoms with Crippen molar-refractivity contribution in [3.8, 4) is 0 Å². The summed E-state index contributed by atoms with van der Waals surface area (Å²) in [7, 11) is 0. The van der Waals surface area contributed by atoms with E-state index in [1.54, 1.807) is 0 Å². The summed E-state index contributed by atoms with van der Waals surface area (Å²) in [5.41, 5.74) is 1.07. The Morgan fingerprint density at radius 3 is 1.94 bits per heavy atom. The Labute approximate surface area is 202 Å². The highest BCUT2D eigenvalue weighted by atomic mass is 35.5. The van der Waals surface area contributed by atoms with E-state index < -0.39 is 11.9 Å². The zero-order chi connectivity index (χ0) is 24.1. The molecule has 2 aromatic carbocycles. The van der Waals surface area contributed by atoms with E-state index in [0.717, 1.165) is 29.8 Å². The quantitative estimate of drug-likeness (QED) is 0.462. The summed E-state index contributed by atoms with van der Waals surface area (Å²) in [6, 6.07) is 17.2. The van der Waals surface area contributed by atoms with E-state index in [0.29, 0.717) is 11.4 Å². The Balaban J connectivity index is 0.000000477. The highest BCUT2D eigenvalue weighted by molar-refractivity contribution is 6.30. The van der Waals surface area contributed by atoms with Crippen LogP contribution in [0.15, 0.2) is 54.6 Å². The average molecular weight is 480 g/mol. The molecule has 1 aliphatic rings. The van der Waals surface area contributed by atoms with Crippen molar-refractivity contribution < 1.29 is 14.7 Å². The van der Waals surface area contributed by atoms with E-state index in [-0.39, 0.29) is 24.4 Å². The van der Waals surface area contributed by atoms with Crippen LogP contribution in [-0.4, -0.2) is 27.9 Å². The molecule has 0 radical (unpaired) electrons. The Hall–Kier alpha value is -2.04. The monoisotopic (exact) mass is 479 g/mol. The third-order valence-corrected chi connectivity index (χ3v) is 5.98. The second-order valence-electron chi connectivity index (χ2n) is 7.45. The third kappa shape index (κ3) is 8.48. The lowest BCUT2D eigenvalue weighted by Crippen LogP contribution is -2.49. The van der Waals surface area contributed by atoms with Crippen LogP contribution < -0.4 is 0 Å². The largest absolute Gasteiger partial charge is 0.481 e. The van der Waals surface area contributed by atoms with Gasteiger partial charge in [0.2, 0.25) is 5.91 Å². The van der Waals surface area contributed by atoms with Gasteiger partial charge in [0, 0.05) is 22.0 Å². The van der Waals surface area contributed by atoms with Gasteiger partial charge >= 0.3 is 5.97 Å². The number of carboxylic acids is 1. The summed E-state index contributed by atoms with van der Waals surface area (Å²) in [5.74, 6) is -1.33. The van der Waals surface area contributed by atoms with Gasteiger partial charge in [-0.3, -0.25) is 9.59 Å². The Morgan fingerprint density at radius 2 is 1.50 bits per heavy atom. The van der Waals surface area contributed by atoms with Crippen molar-refractivity contribution in [2.75, 3.05) is 0 Å². The van der Waals surface area contributed by atoms with E-state index in [1.807, 2.05) is 73.3 Å². The fraction of sp³-hybridized carbons (Fsp3) is 0.462. The molecule has 1 N–H and O–H groups in total. The number of likely N-dealkylation sites (tertiary alicyclic amines) is 1. The van der Waals surface area contributed by atoms with Crippen molar-refractivity contribution in [2.45, 2.75) is 71.9 Å². The lowest BCUT2D eigenvalue weighted by Gasteiger charge is -2.43. The smallest absolute Gasteiger partial charge is 0.304 e. The number of piperidine rings is 1. The Kier molecular flexibility index (Phi) is 13.0. The molecule has 1 aliphatic heterocycles. The van der Waals surface area contributed by atoms with Crippen LogP contribution in [0.25, 0.3) is 0 Å². The summed E-state index contributed by atoms with van der Waals surface area (Å²) < 4.78 is 0. The van der Waals surface area contributed by atoms with Gasteiger partial charge in [0.15, 0.2) is 0 Å².